The van der Waals surface area contributed by atoms with Gasteiger partial charge in [0.05, 0.1) is 11.6 Å². The smallest absolute Gasteiger partial charge is 0.279 e. The Morgan fingerprint density at radius 2 is 2.07 bits per heavy atom. The van der Waals surface area contributed by atoms with E-state index in [0.717, 1.165) is 4.60 Å². The largest absolute Gasteiger partial charge is 0.431 e. The first-order valence-electron chi connectivity index (χ1n) is 4.07. The first-order chi connectivity index (χ1) is 7.28. The Bertz CT molecular complexity index is 501. The zero-order valence-electron chi connectivity index (χ0n) is 7.48. The zero-order valence-corrected chi connectivity index (χ0v) is 9.88. The summed E-state index contributed by atoms with van der Waals surface area (Å²) in [5.41, 5.74) is 0.614. The average Bonchev–Trinajstić information content (AvgIpc) is 2.65. The number of hydrogen-bond donors (Lipinski definition) is 0. The van der Waals surface area contributed by atoms with Gasteiger partial charge in [0.25, 0.3) is 5.19 Å². The van der Waals surface area contributed by atoms with Gasteiger partial charge in [-0.1, -0.05) is 11.3 Å². The van der Waals surface area contributed by atoms with E-state index in [0.29, 0.717) is 16.5 Å². The van der Waals surface area contributed by atoms with Gasteiger partial charge in [-0.15, -0.1) is 0 Å². The van der Waals surface area contributed by atoms with Crippen LogP contribution in [0.2, 0.25) is 0 Å². The van der Waals surface area contributed by atoms with E-state index < -0.39 is 0 Å². The molecule has 0 aliphatic rings. The van der Waals surface area contributed by atoms with Gasteiger partial charge in [0.15, 0.2) is 0 Å². The molecule has 5 heteroatoms. The Morgan fingerprint density at radius 1 is 1.33 bits per heavy atom. The highest BCUT2D eigenvalue weighted by Crippen LogP contribution is 2.27. The zero-order chi connectivity index (χ0) is 10.7. The van der Waals surface area contributed by atoms with Crippen molar-refractivity contribution < 1.29 is 4.74 Å². The van der Waals surface area contributed by atoms with E-state index in [1.165, 1.54) is 11.3 Å². The molecule has 1 aromatic heterocycles. The molecule has 0 N–H and O–H groups in total. The lowest BCUT2D eigenvalue weighted by Crippen LogP contribution is -1.83. The second-order valence-electron chi connectivity index (χ2n) is 2.67. The van der Waals surface area contributed by atoms with Gasteiger partial charge in [-0.25, -0.2) is 0 Å². The molecular formula is C10H5BrN2OS. The molecule has 0 saturated carbocycles. The molecule has 0 unspecified atom stereocenters. The van der Waals surface area contributed by atoms with Crippen LogP contribution >= 0.6 is 27.3 Å². The van der Waals surface area contributed by atoms with E-state index in [1.807, 2.05) is 11.4 Å². The Kier molecular flexibility index (Phi) is 2.99. The number of aromatic nitrogens is 1. The van der Waals surface area contributed by atoms with Crippen molar-refractivity contribution in [1.82, 2.24) is 4.98 Å². The van der Waals surface area contributed by atoms with Crippen LogP contribution < -0.4 is 4.74 Å². The highest BCUT2D eigenvalue weighted by atomic mass is 79.9. The standard InChI is InChI=1S/C10H5BrN2OS/c11-9-6-15-10(13-9)14-8-3-1-7(5-12)2-4-8/h1-4,6H. The summed E-state index contributed by atoms with van der Waals surface area (Å²) in [4.78, 5) is 4.10. The fourth-order valence-electron chi connectivity index (χ4n) is 0.984. The maximum absolute atomic E-state index is 8.61. The van der Waals surface area contributed by atoms with Crippen LogP contribution in [-0.2, 0) is 0 Å². The quantitative estimate of drug-likeness (QED) is 0.845. The van der Waals surface area contributed by atoms with Crippen LogP contribution in [0.25, 0.3) is 0 Å². The minimum atomic E-state index is 0.576. The van der Waals surface area contributed by atoms with Gasteiger partial charge in [0.1, 0.15) is 10.4 Å². The SMILES string of the molecule is N#Cc1ccc(Oc2nc(Br)cs2)cc1. The summed E-state index contributed by atoms with van der Waals surface area (Å²) < 4.78 is 6.23. The normalized spacial score (nSPS) is 9.60. The second-order valence-corrected chi connectivity index (χ2v) is 4.31. The summed E-state index contributed by atoms with van der Waals surface area (Å²) in [5.74, 6) is 0.677. The minimum Gasteiger partial charge on any atom is -0.431 e. The highest BCUT2D eigenvalue weighted by molar-refractivity contribution is 9.10. The molecule has 2 rings (SSSR count). The van der Waals surface area contributed by atoms with E-state index in [4.69, 9.17) is 10.00 Å². The lowest BCUT2D eigenvalue weighted by molar-refractivity contribution is 0.478. The summed E-state index contributed by atoms with van der Waals surface area (Å²) in [6.07, 6.45) is 0. The van der Waals surface area contributed by atoms with E-state index in [9.17, 15) is 0 Å². The van der Waals surface area contributed by atoms with E-state index in [1.54, 1.807) is 24.3 Å². The van der Waals surface area contributed by atoms with Crippen molar-refractivity contribution in [2.24, 2.45) is 0 Å². The van der Waals surface area contributed by atoms with Gasteiger partial charge in [-0.2, -0.15) is 10.2 Å². The van der Waals surface area contributed by atoms with Gasteiger partial charge < -0.3 is 4.74 Å². The van der Waals surface area contributed by atoms with Crippen molar-refractivity contribution >= 4 is 27.3 Å². The number of thiazole rings is 1. The highest BCUT2D eigenvalue weighted by Gasteiger charge is 2.01. The lowest BCUT2D eigenvalue weighted by Gasteiger charge is -2.00. The molecule has 15 heavy (non-hydrogen) atoms. The molecule has 0 fully saturated rings. The number of halogens is 1. The van der Waals surface area contributed by atoms with Gasteiger partial charge in [0.2, 0.25) is 0 Å². The van der Waals surface area contributed by atoms with Crippen molar-refractivity contribution in [3.63, 3.8) is 0 Å². The summed E-state index contributed by atoms with van der Waals surface area (Å²) >= 11 is 4.65. The third-order valence-electron chi connectivity index (χ3n) is 1.64. The average molecular weight is 281 g/mol. The third-order valence-corrected chi connectivity index (χ3v) is 3.07. The van der Waals surface area contributed by atoms with Crippen molar-refractivity contribution in [3.05, 3.63) is 39.8 Å². The van der Waals surface area contributed by atoms with Crippen LogP contribution in [0.15, 0.2) is 34.2 Å². The molecule has 0 aliphatic heterocycles. The number of hydrogen-bond acceptors (Lipinski definition) is 4. The molecule has 2 aromatic rings. The second kappa shape index (κ2) is 4.43. The molecular weight excluding hydrogens is 276 g/mol. The van der Waals surface area contributed by atoms with E-state index in [-0.39, 0.29) is 0 Å². The fraction of sp³-hybridized carbons (Fsp3) is 0. The molecule has 1 aromatic carbocycles. The Morgan fingerprint density at radius 3 is 2.60 bits per heavy atom. The Labute approximate surface area is 99.1 Å². The molecule has 1 heterocycles. The van der Waals surface area contributed by atoms with Crippen molar-refractivity contribution in [2.75, 3.05) is 0 Å². The maximum atomic E-state index is 8.61. The predicted molar refractivity (Wildman–Crippen MR) is 61.0 cm³/mol. The van der Waals surface area contributed by atoms with Crippen LogP contribution in [0.1, 0.15) is 5.56 Å². The van der Waals surface area contributed by atoms with Crippen LogP contribution in [0.4, 0.5) is 0 Å². The number of rotatable bonds is 2. The molecule has 0 radical (unpaired) electrons. The van der Waals surface area contributed by atoms with Gasteiger partial charge >= 0.3 is 0 Å². The Hall–Kier alpha value is -1.38. The van der Waals surface area contributed by atoms with Crippen LogP contribution in [0, 0.1) is 11.3 Å². The molecule has 0 bridgehead atoms. The predicted octanol–water partition coefficient (Wildman–Crippen LogP) is 3.57. The molecule has 0 aliphatic carbocycles. The van der Waals surface area contributed by atoms with Crippen molar-refractivity contribution in [3.8, 4) is 17.0 Å². The first kappa shape index (κ1) is 10.1. The minimum absolute atomic E-state index is 0.576. The van der Waals surface area contributed by atoms with Crippen LogP contribution in [0.5, 0.6) is 10.9 Å². The summed E-state index contributed by atoms with van der Waals surface area (Å²) in [5, 5.41) is 11.0. The van der Waals surface area contributed by atoms with Crippen molar-refractivity contribution in [1.29, 1.82) is 5.26 Å². The maximum Gasteiger partial charge on any atom is 0.279 e. The molecule has 0 amide bonds. The summed E-state index contributed by atoms with van der Waals surface area (Å²) in [7, 11) is 0. The van der Waals surface area contributed by atoms with Gasteiger partial charge in [-0.05, 0) is 40.2 Å². The number of benzene rings is 1. The van der Waals surface area contributed by atoms with Crippen LogP contribution in [0.3, 0.4) is 0 Å². The van der Waals surface area contributed by atoms with Gasteiger partial charge in [-0.3, -0.25) is 0 Å². The molecule has 74 valence electrons. The topological polar surface area (TPSA) is 45.9 Å². The molecule has 0 saturated heterocycles. The lowest BCUT2D eigenvalue weighted by atomic mass is 10.2. The number of ether oxygens (including phenoxy) is 1. The number of nitrogens with zero attached hydrogens (tertiary/aromatic N) is 2. The number of nitriles is 1. The summed E-state index contributed by atoms with van der Waals surface area (Å²) in [6.45, 7) is 0. The third kappa shape index (κ3) is 2.55. The Balaban J connectivity index is 2.15. The van der Waals surface area contributed by atoms with E-state index in [2.05, 4.69) is 20.9 Å². The molecule has 3 nitrogen and oxygen atoms in total. The first-order valence-corrected chi connectivity index (χ1v) is 5.74. The van der Waals surface area contributed by atoms with Crippen LogP contribution in [-0.4, -0.2) is 4.98 Å². The van der Waals surface area contributed by atoms with Gasteiger partial charge in [0, 0.05) is 5.38 Å². The fourth-order valence-corrected chi connectivity index (χ4v) is 2.09. The molecule has 0 spiro atoms. The molecule has 0 atom stereocenters. The van der Waals surface area contributed by atoms with E-state index >= 15 is 0 Å². The summed E-state index contributed by atoms with van der Waals surface area (Å²) in [6, 6.07) is 8.95. The monoisotopic (exact) mass is 280 g/mol. The van der Waals surface area contributed by atoms with Crippen molar-refractivity contribution in [2.45, 2.75) is 0 Å².